The van der Waals surface area contributed by atoms with Crippen LogP contribution in [-0.2, 0) is 0 Å². The molecule has 0 aromatic heterocycles. The van der Waals surface area contributed by atoms with Crippen molar-refractivity contribution in [1.29, 1.82) is 0 Å². The molecule has 0 spiro atoms. The molecule has 0 fully saturated rings. The van der Waals surface area contributed by atoms with E-state index in [0.717, 1.165) is 0 Å². The Morgan fingerprint density at radius 1 is 0.457 bits per heavy atom. The molecule has 0 atom stereocenters. The Morgan fingerprint density at radius 2 is 0.739 bits per heavy atom. The van der Waals surface area contributed by atoms with Gasteiger partial charge in [-0.1, -0.05) is 12.8 Å². The topological polar surface area (TPSA) is 81.1 Å². The molecule has 0 aromatic rings. The van der Waals surface area contributed by atoms with Crippen molar-refractivity contribution < 1.29 is 108 Å². The fourth-order valence-electron chi connectivity index (χ4n) is 3.28. The quantitative estimate of drug-likeness (QED) is 0.104. The van der Waals surface area contributed by atoms with Crippen LogP contribution in [0.4, 0.5) is 97.4 Å². The Bertz CT molecular complexity index is 1040. The lowest BCUT2D eigenvalue weighted by Gasteiger charge is -2.40. The summed E-state index contributed by atoms with van der Waals surface area (Å²) >= 11 is 0. The molecule has 0 aliphatic carbocycles. The standard InChI is InChI=1S/C20H20F20N2O4/c21-9(22)15(29,30)17(33,34)13(25,26)7-41(11(43)44)5-3-1-2-4-6-42(12(45)46)8-14(27,28)18(35,36)20(39,40)19(37,38)16(31,32)10(23)24/h9-10H,1-8H2,(H,43,44)(H,45,46). The zero-order chi connectivity index (χ0) is 37.1. The number of carboxylic acid groups (broad SMARTS) is 2. The van der Waals surface area contributed by atoms with E-state index in [2.05, 4.69) is 0 Å². The molecule has 0 aliphatic heterocycles. The van der Waals surface area contributed by atoms with Crippen molar-refractivity contribution in [1.82, 2.24) is 9.80 Å². The van der Waals surface area contributed by atoms with Gasteiger partial charge in [-0.2, -0.15) is 70.2 Å². The molecule has 0 saturated carbocycles. The largest absolute Gasteiger partial charge is 0.465 e. The van der Waals surface area contributed by atoms with Gasteiger partial charge in [0.05, 0.1) is 13.1 Å². The smallest absolute Gasteiger partial charge is 0.407 e. The van der Waals surface area contributed by atoms with E-state index >= 15 is 0 Å². The van der Waals surface area contributed by atoms with E-state index < -0.39 is 134 Å². The van der Waals surface area contributed by atoms with Crippen molar-refractivity contribution in [3.8, 4) is 0 Å². The third-order valence-electron chi connectivity index (χ3n) is 6.02. The van der Waals surface area contributed by atoms with Gasteiger partial charge in [-0.05, 0) is 12.8 Å². The van der Waals surface area contributed by atoms with Gasteiger partial charge >= 0.3 is 72.4 Å². The second-order valence-corrected chi connectivity index (χ2v) is 9.38. The van der Waals surface area contributed by atoms with Crippen molar-refractivity contribution in [2.24, 2.45) is 0 Å². The van der Waals surface area contributed by atoms with E-state index in [0.29, 0.717) is 0 Å². The van der Waals surface area contributed by atoms with Gasteiger partial charge in [-0.25, -0.2) is 27.2 Å². The summed E-state index contributed by atoms with van der Waals surface area (Å²) in [5, 5.41) is 17.7. The molecule has 0 heterocycles. The molecule has 26 heteroatoms. The normalized spacial score (nSPS) is 14.7. The van der Waals surface area contributed by atoms with Crippen LogP contribution < -0.4 is 0 Å². The van der Waals surface area contributed by atoms with Crippen LogP contribution in [-0.4, -0.2) is 119 Å². The summed E-state index contributed by atoms with van der Waals surface area (Å²) in [7, 11) is 0. The average molecular weight is 732 g/mol. The Hall–Kier alpha value is -2.86. The van der Waals surface area contributed by atoms with Gasteiger partial charge in [0.1, 0.15) is 0 Å². The summed E-state index contributed by atoms with van der Waals surface area (Å²) < 4.78 is 264. The number of hydrogen-bond donors (Lipinski definition) is 2. The molecule has 0 radical (unpaired) electrons. The van der Waals surface area contributed by atoms with Crippen LogP contribution in [0, 0.1) is 0 Å². The molecule has 0 unspecified atom stereocenters. The first-order chi connectivity index (χ1) is 20.2. The molecular formula is C20H20F20N2O4. The highest BCUT2D eigenvalue weighted by molar-refractivity contribution is 5.65. The van der Waals surface area contributed by atoms with E-state index in [4.69, 9.17) is 10.2 Å². The van der Waals surface area contributed by atoms with Crippen LogP contribution in [0.1, 0.15) is 25.7 Å². The minimum Gasteiger partial charge on any atom is -0.465 e. The first-order valence-corrected chi connectivity index (χ1v) is 11.7. The van der Waals surface area contributed by atoms with Gasteiger partial charge in [0.25, 0.3) is 0 Å². The number of halogens is 20. The molecule has 0 saturated heterocycles. The monoisotopic (exact) mass is 732 g/mol. The summed E-state index contributed by atoms with van der Waals surface area (Å²) in [5.74, 6) is -56.7. The number of hydrogen-bond acceptors (Lipinski definition) is 2. The Labute approximate surface area is 242 Å². The lowest BCUT2D eigenvalue weighted by molar-refractivity contribution is -0.412. The number of nitrogens with zero attached hydrogens (tertiary/aromatic N) is 2. The minimum atomic E-state index is -7.92. The van der Waals surface area contributed by atoms with Gasteiger partial charge < -0.3 is 20.0 Å². The molecule has 46 heavy (non-hydrogen) atoms. The maximum atomic E-state index is 14.0. The zero-order valence-corrected chi connectivity index (χ0v) is 22.0. The van der Waals surface area contributed by atoms with Crippen LogP contribution in [0.25, 0.3) is 0 Å². The fourth-order valence-corrected chi connectivity index (χ4v) is 3.28. The van der Waals surface area contributed by atoms with Gasteiger partial charge in [0.2, 0.25) is 0 Å². The highest BCUT2D eigenvalue weighted by atomic mass is 19.4. The second-order valence-electron chi connectivity index (χ2n) is 9.38. The second kappa shape index (κ2) is 14.1. The molecule has 0 rings (SSSR count). The van der Waals surface area contributed by atoms with E-state index in [-0.39, 0.29) is 0 Å². The highest BCUT2D eigenvalue weighted by Crippen LogP contribution is 2.58. The van der Waals surface area contributed by atoms with Crippen molar-refractivity contribution >= 4 is 12.2 Å². The molecule has 0 aliphatic rings. The van der Waals surface area contributed by atoms with E-state index in [1.165, 1.54) is 0 Å². The van der Waals surface area contributed by atoms with E-state index in [1.54, 1.807) is 0 Å². The molecular weight excluding hydrogens is 712 g/mol. The van der Waals surface area contributed by atoms with Crippen LogP contribution in [0.2, 0.25) is 0 Å². The molecule has 2 N–H and O–H groups in total. The number of unbranched alkanes of at least 4 members (excludes halogenated alkanes) is 3. The molecule has 6 nitrogen and oxygen atoms in total. The fraction of sp³-hybridized carbons (Fsp3) is 0.900. The Morgan fingerprint density at radius 3 is 1.02 bits per heavy atom. The molecule has 2 amide bonds. The molecule has 0 aromatic carbocycles. The predicted molar refractivity (Wildman–Crippen MR) is 109 cm³/mol. The van der Waals surface area contributed by atoms with Crippen LogP contribution in [0.3, 0.4) is 0 Å². The SMILES string of the molecule is O=C(O)N(CCCCCCN(CC(F)(F)C(F)(F)C(F)(F)C(F)(F)C(F)(F)C(F)F)C(=O)O)CC(F)(F)C(F)(F)C(F)(F)C(F)F. The Balaban J connectivity index is 5.47. The van der Waals surface area contributed by atoms with Crippen molar-refractivity contribution in [2.75, 3.05) is 26.2 Å². The maximum Gasteiger partial charge on any atom is 0.407 e. The summed E-state index contributed by atoms with van der Waals surface area (Å²) in [6, 6.07) is 0. The van der Waals surface area contributed by atoms with Crippen molar-refractivity contribution in [3.05, 3.63) is 0 Å². The van der Waals surface area contributed by atoms with Crippen LogP contribution in [0.5, 0.6) is 0 Å². The number of carbonyl (C=O) groups is 2. The molecule has 0 bridgehead atoms. The van der Waals surface area contributed by atoms with Gasteiger partial charge in [-0.15, -0.1) is 0 Å². The van der Waals surface area contributed by atoms with Crippen molar-refractivity contribution in [3.63, 3.8) is 0 Å². The van der Waals surface area contributed by atoms with E-state index in [1.807, 2.05) is 0 Å². The molecule has 274 valence electrons. The van der Waals surface area contributed by atoms with Gasteiger partial charge in [0, 0.05) is 13.1 Å². The average Bonchev–Trinajstić information content (AvgIpc) is 2.87. The van der Waals surface area contributed by atoms with Gasteiger partial charge in [-0.3, -0.25) is 0 Å². The summed E-state index contributed by atoms with van der Waals surface area (Å²) in [4.78, 5) is 20.7. The summed E-state index contributed by atoms with van der Waals surface area (Å²) in [6.45, 7) is -8.52. The number of amides is 2. The zero-order valence-electron chi connectivity index (χ0n) is 22.0. The third-order valence-corrected chi connectivity index (χ3v) is 6.02. The van der Waals surface area contributed by atoms with E-state index in [9.17, 15) is 97.4 Å². The first-order valence-electron chi connectivity index (χ1n) is 11.7. The lowest BCUT2D eigenvalue weighted by Crippen LogP contribution is -2.70. The van der Waals surface area contributed by atoms with Gasteiger partial charge in [0.15, 0.2) is 0 Å². The Kier molecular flexibility index (Phi) is 13.2. The summed E-state index contributed by atoms with van der Waals surface area (Å²) in [5.41, 5.74) is 0. The predicted octanol–water partition coefficient (Wildman–Crippen LogP) is 8.12. The minimum absolute atomic E-state index is 0.536. The van der Waals surface area contributed by atoms with Crippen molar-refractivity contribution in [2.45, 2.75) is 85.9 Å². The lowest BCUT2D eigenvalue weighted by atomic mass is 9.94. The maximum absolute atomic E-state index is 14.0. The first kappa shape index (κ1) is 43.1. The number of alkyl halides is 20. The van der Waals surface area contributed by atoms with Crippen LogP contribution >= 0.6 is 0 Å². The highest BCUT2D eigenvalue weighted by Gasteiger charge is 2.87. The third kappa shape index (κ3) is 8.16. The van der Waals surface area contributed by atoms with Crippen LogP contribution in [0.15, 0.2) is 0 Å². The number of rotatable bonds is 19. The summed E-state index contributed by atoms with van der Waals surface area (Å²) in [6.07, 6.45) is -18.8.